The maximum Gasteiger partial charge on any atom is 0.233 e. The topological polar surface area (TPSA) is 72.9 Å². The molecule has 1 aromatic rings. The number of ether oxygens (including phenoxy) is 2. The third-order valence-corrected chi connectivity index (χ3v) is 8.98. The van der Waals surface area contributed by atoms with Crippen molar-refractivity contribution in [2.75, 3.05) is 24.9 Å². The van der Waals surface area contributed by atoms with E-state index in [2.05, 4.69) is 0 Å². The number of hydrogen-bond donors (Lipinski definition) is 0. The minimum atomic E-state index is -3.31. The van der Waals surface area contributed by atoms with E-state index < -0.39 is 15.9 Å². The summed E-state index contributed by atoms with van der Waals surface area (Å²) in [6.45, 7) is 0. The first-order valence-electron chi connectivity index (χ1n) is 10.8. The van der Waals surface area contributed by atoms with Gasteiger partial charge in [0.1, 0.15) is 11.5 Å². The van der Waals surface area contributed by atoms with Gasteiger partial charge in [0.05, 0.1) is 37.1 Å². The Hall–Kier alpha value is -2.02. The minimum Gasteiger partial charge on any atom is -0.497 e. The summed E-state index contributed by atoms with van der Waals surface area (Å²) >= 11 is 0. The summed E-state index contributed by atoms with van der Waals surface area (Å²) in [6.07, 6.45) is 8.17. The second kappa shape index (κ2) is 7.01. The van der Waals surface area contributed by atoms with Gasteiger partial charge in [-0.1, -0.05) is 0 Å². The molecule has 1 amide bonds. The summed E-state index contributed by atoms with van der Waals surface area (Å²) < 4.78 is 35.4. The predicted octanol–water partition coefficient (Wildman–Crippen LogP) is 3.56. The molecular formula is C23H29NO5S. The monoisotopic (exact) mass is 431 g/mol. The van der Waals surface area contributed by atoms with Crippen LogP contribution in [0.1, 0.15) is 38.5 Å². The highest BCUT2D eigenvalue weighted by Crippen LogP contribution is 2.61. The number of rotatable bonds is 5. The first-order valence-corrected chi connectivity index (χ1v) is 12.5. The van der Waals surface area contributed by atoms with Crippen LogP contribution in [0.5, 0.6) is 11.5 Å². The first kappa shape index (κ1) is 19.9. The van der Waals surface area contributed by atoms with E-state index in [1.165, 1.54) is 24.7 Å². The molecular weight excluding hydrogens is 402 g/mol. The Morgan fingerprint density at radius 3 is 2.17 bits per heavy atom. The lowest BCUT2D eigenvalue weighted by molar-refractivity contribution is -0.143. The van der Waals surface area contributed by atoms with E-state index in [0.717, 1.165) is 19.3 Å². The van der Waals surface area contributed by atoms with E-state index in [4.69, 9.17) is 9.47 Å². The number of anilines is 1. The van der Waals surface area contributed by atoms with Gasteiger partial charge in [0.25, 0.3) is 0 Å². The lowest BCUT2D eigenvalue weighted by Crippen LogP contribution is -2.57. The van der Waals surface area contributed by atoms with Gasteiger partial charge in [0, 0.05) is 11.5 Å². The Morgan fingerprint density at radius 1 is 1.03 bits per heavy atom. The summed E-state index contributed by atoms with van der Waals surface area (Å²) in [5.74, 6) is 3.02. The van der Waals surface area contributed by atoms with E-state index in [1.807, 2.05) is 6.07 Å². The van der Waals surface area contributed by atoms with Crippen molar-refractivity contribution in [3.05, 3.63) is 29.7 Å². The van der Waals surface area contributed by atoms with Crippen LogP contribution in [0.15, 0.2) is 29.7 Å². The largest absolute Gasteiger partial charge is 0.497 e. The van der Waals surface area contributed by atoms with E-state index in [-0.39, 0.29) is 17.1 Å². The molecule has 5 aliphatic rings. The fourth-order valence-electron chi connectivity index (χ4n) is 6.77. The van der Waals surface area contributed by atoms with Crippen molar-refractivity contribution < 1.29 is 22.7 Å². The highest BCUT2D eigenvalue weighted by molar-refractivity contribution is 7.94. The molecule has 4 aliphatic carbocycles. The van der Waals surface area contributed by atoms with Crippen molar-refractivity contribution in [1.29, 1.82) is 0 Å². The number of benzene rings is 1. The third-order valence-electron chi connectivity index (χ3n) is 7.60. The average molecular weight is 432 g/mol. The lowest BCUT2D eigenvalue weighted by atomic mass is 9.49. The zero-order valence-electron chi connectivity index (χ0n) is 17.5. The molecule has 1 atom stereocenters. The zero-order valence-corrected chi connectivity index (χ0v) is 18.4. The molecule has 4 bridgehead atoms. The molecule has 0 radical (unpaired) electrons. The SMILES string of the molecule is COc1ccc(N(C(=O)C23CC4CC(CC(C4)C2)C3)C2C=CS(=O)(=O)C2)c(OC)c1. The number of carbonyl (C=O) groups excluding carboxylic acids is 1. The van der Waals surface area contributed by atoms with Gasteiger partial charge >= 0.3 is 0 Å². The van der Waals surface area contributed by atoms with Gasteiger partial charge in [0.15, 0.2) is 9.84 Å². The van der Waals surface area contributed by atoms with Gasteiger partial charge < -0.3 is 14.4 Å². The fraction of sp³-hybridized carbons (Fsp3) is 0.609. The quantitative estimate of drug-likeness (QED) is 0.713. The number of methoxy groups -OCH3 is 2. The summed E-state index contributed by atoms with van der Waals surface area (Å²) in [5.41, 5.74) is 0.241. The number of carbonyl (C=O) groups is 1. The number of hydrogen-bond acceptors (Lipinski definition) is 5. The standard InChI is InChI=1S/C23H29NO5S/c1-28-19-3-4-20(21(10-19)29-2)24(18-5-6-30(26,27)14-18)22(25)23-11-15-7-16(12-23)9-17(8-15)13-23/h3-6,10,15-18H,7-9,11-14H2,1-2H3. The Bertz CT molecular complexity index is 964. The minimum absolute atomic E-state index is 0.0665. The normalized spacial score (nSPS) is 35.4. The Kier molecular flexibility index (Phi) is 4.65. The fourth-order valence-corrected chi connectivity index (χ4v) is 8.04. The van der Waals surface area contributed by atoms with Gasteiger partial charge in [0.2, 0.25) is 5.91 Å². The molecule has 6 nitrogen and oxygen atoms in total. The molecule has 1 unspecified atom stereocenters. The van der Waals surface area contributed by atoms with Crippen LogP contribution >= 0.6 is 0 Å². The molecule has 1 heterocycles. The predicted molar refractivity (Wildman–Crippen MR) is 114 cm³/mol. The second-order valence-electron chi connectivity index (χ2n) is 9.64. The van der Waals surface area contributed by atoms with Crippen LogP contribution in [0.3, 0.4) is 0 Å². The van der Waals surface area contributed by atoms with Gasteiger partial charge in [-0.25, -0.2) is 8.42 Å². The van der Waals surface area contributed by atoms with Gasteiger partial charge in [-0.05, 0) is 74.5 Å². The van der Waals surface area contributed by atoms with Crippen molar-refractivity contribution in [1.82, 2.24) is 0 Å². The Balaban J connectivity index is 1.57. The van der Waals surface area contributed by atoms with Crippen molar-refractivity contribution >= 4 is 21.4 Å². The zero-order chi connectivity index (χ0) is 21.1. The molecule has 1 aromatic carbocycles. The van der Waals surface area contributed by atoms with Crippen molar-refractivity contribution in [3.63, 3.8) is 0 Å². The van der Waals surface area contributed by atoms with Crippen LogP contribution < -0.4 is 14.4 Å². The number of amides is 1. The second-order valence-corrected chi connectivity index (χ2v) is 11.6. The maximum atomic E-state index is 14.2. The molecule has 0 aromatic heterocycles. The Morgan fingerprint density at radius 2 is 1.67 bits per heavy atom. The molecule has 7 heteroatoms. The molecule has 4 saturated carbocycles. The molecule has 0 spiro atoms. The summed E-state index contributed by atoms with van der Waals surface area (Å²) in [6, 6.07) is 4.85. The summed E-state index contributed by atoms with van der Waals surface area (Å²) in [4.78, 5) is 15.9. The molecule has 0 saturated heterocycles. The van der Waals surface area contributed by atoms with E-state index in [1.54, 1.807) is 37.3 Å². The van der Waals surface area contributed by atoms with E-state index in [9.17, 15) is 13.2 Å². The number of nitrogens with zero attached hydrogens (tertiary/aromatic N) is 1. The lowest BCUT2D eigenvalue weighted by Gasteiger charge is -2.57. The van der Waals surface area contributed by atoms with Crippen LogP contribution in [0.25, 0.3) is 0 Å². The molecule has 0 N–H and O–H groups in total. The molecule has 4 fully saturated rings. The molecule has 1 aliphatic heterocycles. The van der Waals surface area contributed by atoms with Crippen LogP contribution in [0.4, 0.5) is 5.69 Å². The summed E-state index contributed by atoms with van der Waals surface area (Å²) in [5, 5.41) is 1.24. The number of sulfone groups is 1. The van der Waals surface area contributed by atoms with E-state index in [0.29, 0.717) is 34.9 Å². The maximum absolute atomic E-state index is 14.2. The van der Waals surface area contributed by atoms with Crippen LogP contribution in [-0.2, 0) is 14.6 Å². The van der Waals surface area contributed by atoms with Gasteiger partial charge in [-0.15, -0.1) is 0 Å². The van der Waals surface area contributed by atoms with Crippen LogP contribution in [0, 0.1) is 23.2 Å². The first-order chi connectivity index (χ1) is 14.3. The summed E-state index contributed by atoms with van der Waals surface area (Å²) in [7, 11) is -0.166. The Labute approximate surface area is 178 Å². The molecule has 30 heavy (non-hydrogen) atoms. The average Bonchev–Trinajstić information content (AvgIpc) is 3.06. The van der Waals surface area contributed by atoms with Crippen LogP contribution in [-0.4, -0.2) is 40.3 Å². The van der Waals surface area contributed by atoms with Gasteiger partial charge in [-0.2, -0.15) is 0 Å². The van der Waals surface area contributed by atoms with E-state index >= 15 is 0 Å². The smallest absolute Gasteiger partial charge is 0.233 e. The van der Waals surface area contributed by atoms with Crippen LogP contribution in [0.2, 0.25) is 0 Å². The molecule has 6 rings (SSSR count). The highest BCUT2D eigenvalue weighted by Gasteiger charge is 2.56. The highest BCUT2D eigenvalue weighted by atomic mass is 32.2. The van der Waals surface area contributed by atoms with Crippen molar-refractivity contribution in [2.24, 2.45) is 23.2 Å². The van der Waals surface area contributed by atoms with Crippen molar-refractivity contribution in [2.45, 2.75) is 44.6 Å². The third kappa shape index (κ3) is 3.22. The molecule has 162 valence electrons. The van der Waals surface area contributed by atoms with Gasteiger partial charge in [-0.3, -0.25) is 4.79 Å². The van der Waals surface area contributed by atoms with Crippen molar-refractivity contribution in [3.8, 4) is 11.5 Å².